The minimum absolute atomic E-state index is 0.0481. The molecule has 25 heavy (non-hydrogen) atoms. The molecule has 1 aromatic rings. The Kier molecular flexibility index (Phi) is 4.99. The van der Waals surface area contributed by atoms with Gasteiger partial charge in [0.15, 0.2) is 0 Å². The van der Waals surface area contributed by atoms with Crippen LogP contribution in [0.5, 0.6) is 0 Å². The van der Waals surface area contributed by atoms with E-state index in [1.165, 1.54) is 0 Å². The van der Waals surface area contributed by atoms with Gasteiger partial charge in [-0.25, -0.2) is 4.79 Å². The van der Waals surface area contributed by atoms with Crippen LogP contribution in [0.1, 0.15) is 38.2 Å². The lowest BCUT2D eigenvalue weighted by Crippen LogP contribution is -2.86. The lowest BCUT2D eigenvalue weighted by molar-refractivity contribution is -0.176. The van der Waals surface area contributed by atoms with Gasteiger partial charge in [0.1, 0.15) is 0 Å². The smallest absolute Gasteiger partial charge is 0.318 e. The zero-order valence-electron chi connectivity index (χ0n) is 14.9. The molecule has 136 valence electrons. The molecule has 1 spiro atoms. The third-order valence-electron chi connectivity index (χ3n) is 5.45. The first-order valence-corrected chi connectivity index (χ1v) is 9.09. The molecule has 3 rings (SSSR count). The minimum Gasteiger partial charge on any atom is -0.394 e. The van der Waals surface area contributed by atoms with Gasteiger partial charge in [0, 0.05) is 32.0 Å². The summed E-state index contributed by atoms with van der Waals surface area (Å²) in [5, 5.41) is 12.9. The van der Waals surface area contributed by atoms with Crippen LogP contribution in [-0.4, -0.2) is 64.7 Å². The van der Waals surface area contributed by atoms with Crippen molar-refractivity contribution in [3.8, 4) is 0 Å². The number of rotatable bonds is 5. The fraction of sp³-hybridized carbons (Fsp3) is 0.579. The van der Waals surface area contributed by atoms with E-state index in [2.05, 4.69) is 5.32 Å². The van der Waals surface area contributed by atoms with E-state index in [-0.39, 0.29) is 30.5 Å². The molecule has 2 aliphatic rings. The largest absolute Gasteiger partial charge is 0.394 e. The Balaban J connectivity index is 1.87. The first kappa shape index (κ1) is 17.7. The van der Waals surface area contributed by atoms with Crippen molar-refractivity contribution in [2.24, 2.45) is 0 Å². The van der Waals surface area contributed by atoms with Crippen LogP contribution in [0, 0.1) is 0 Å². The number of carbonyl (C=O) groups excluding carboxylic acids is 2. The number of nitrogens with one attached hydrogen (secondary N) is 1. The maximum Gasteiger partial charge on any atom is 0.318 e. The van der Waals surface area contributed by atoms with Crippen molar-refractivity contribution in [3.05, 3.63) is 35.9 Å². The highest BCUT2D eigenvalue weighted by Gasteiger charge is 2.68. The van der Waals surface area contributed by atoms with Crippen LogP contribution < -0.4 is 5.32 Å². The molecule has 2 saturated heterocycles. The molecule has 0 saturated carbocycles. The predicted molar refractivity (Wildman–Crippen MR) is 95.2 cm³/mol. The van der Waals surface area contributed by atoms with Crippen LogP contribution in [0.25, 0.3) is 0 Å². The van der Waals surface area contributed by atoms with Crippen molar-refractivity contribution in [1.29, 1.82) is 0 Å². The number of likely N-dealkylation sites (tertiary alicyclic amines) is 2. The molecular formula is C19H27N3O3. The molecule has 1 aromatic carbocycles. The summed E-state index contributed by atoms with van der Waals surface area (Å²) in [4.78, 5) is 28.3. The van der Waals surface area contributed by atoms with E-state index in [9.17, 15) is 14.7 Å². The zero-order chi connectivity index (χ0) is 18.0. The fourth-order valence-electron chi connectivity index (χ4n) is 4.32. The van der Waals surface area contributed by atoms with Crippen molar-refractivity contribution >= 4 is 11.9 Å². The summed E-state index contributed by atoms with van der Waals surface area (Å²) in [6, 6.07) is 9.61. The summed E-state index contributed by atoms with van der Waals surface area (Å²) < 4.78 is 0. The van der Waals surface area contributed by atoms with Crippen molar-refractivity contribution in [3.63, 3.8) is 0 Å². The third-order valence-corrected chi connectivity index (χ3v) is 5.45. The lowest BCUT2D eigenvalue weighted by atomic mass is 9.61. The first-order chi connectivity index (χ1) is 12.1. The van der Waals surface area contributed by atoms with E-state index < -0.39 is 5.54 Å². The van der Waals surface area contributed by atoms with Crippen molar-refractivity contribution in [2.45, 2.75) is 44.2 Å². The Bertz CT molecular complexity index is 628. The quantitative estimate of drug-likeness (QED) is 0.851. The Morgan fingerprint density at radius 1 is 1.24 bits per heavy atom. The van der Waals surface area contributed by atoms with Gasteiger partial charge in [-0.1, -0.05) is 44.2 Å². The molecule has 0 aliphatic carbocycles. The van der Waals surface area contributed by atoms with Crippen molar-refractivity contribution < 1.29 is 14.7 Å². The van der Waals surface area contributed by atoms with Gasteiger partial charge < -0.3 is 20.2 Å². The molecular weight excluding hydrogens is 318 g/mol. The second-order valence-corrected chi connectivity index (χ2v) is 6.95. The molecule has 2 N–H and O–H groups in total. The summed E-state index contributed by atoms with van der Waals surface area (Å²) in [7, 11) is 0. The molecule has 6 heteroatoms. The average molecular weight is 345 g/mol. The second kappa shape index (κ2) is 7.04. The fourth-order valence-corrected chi connectivity index (χ4v) is 4.32. The van der Waals surface area contributed by atoms with Gasteiger partial charge >= 0.3 is 6.03 Å². The van der Waals surface area contributed by atoms with Gasteiger partial charge in [-0.3, -0.25) is 4.79 Å². The summed E-state index contributed by atoms with van der Waals surface area (Å²) >= 11 is 0. The van der Waals surface area contributed by atoms with Gasteiger partial charge in [-0.15, -0.1) is 0 Å². The van der Waals surface area contributed by atoms with Crippen molar-refractivity contribution in [2.75, 3.05) is 26.2 Å². The number of hydrogen-bond donors (Lipinski definition) is 2. The maximum atomic E-state index is 12.7. The summed E-state index contributed by atoms with van der Waals surface area (Å²) in [5.74, 6) is 0.158. The van der Waals surface area contributed by atoms with Gasteiger partial charge in [0.2, 0.25) is 5.91 Å². The molecule has 3 amide bonds. The second-order valence-electron chi connectivity index (χ2n) is 6.95. The summed E-state index contributed by atoms with van der Waals surface area (Å²) in [6.45, 7) is 5.46. The lowest BCUT2D eigenvalue weighted by Gasteiger charge is -2.70. The van der Waals surface area contributed by atoms with Gasteiger partial charge in [-0.2, -0.15) is 0 Å². The number of urea groups is 1. The predicted octanol–water partition coefficient (Wildman–Crippen LogP) is 1.56. The van der Waals surface area contributed by atoms with Crippen LogP contribution in [-0.2, 0) is 4.79 Å². The highest BCUT2D eigenvalue weighted by atomic mass is 16.3. The Labute approximate surface area is 148 Å². The van der Waals surface area contributed by atoms with Crippen LogP contribution in [0.3, 0.4) is 0 Å². The van der Waals surface area contributed by atoms with Crippen LogP contribution in [0.2, 0.25) is 0 Å². The monoisotopic (exact) mass is 345 g/mol. The average Bonchev–Trinajstić information content (AvgIpc) is 2.58. The number of aliphatic hydroxyl groups is 1. The topological polar surface area (TPSA) is 72.9 Å². The Hall–Kier alpha value is -2.08. The SMILES string of the molecule is CCCNC(=O)N1[C@H](CO)[C@@H](c2ccccc2)C12CN(C(=O)CC)C2. The van der Waals surface area contributed by atoms with E-state index in [4.69, 9.17) is 0 Å². The van der Waals surface area contributed by atoms with Crippen LogP contribution in [0.15, 0.2) is 30.3 Å². The molecule has 2 aliphatic heterocycles. The number of amides is 3. The Morgan fingerprint density at radius 3 is 2.48 bits per heavy atom. The highest BCUT2D eigenvalue weighted by molar-refractivity contribution is 5.81. The van der Waals surface area contributed by atoms with Gasteiger partial charge in [0.25, 0.3) is 0 Å². The maximum absolute atomic E-state index is 12.7. The number of carbonyl (C=O) groups is 2. The zero-order valence-corrected chi connectivity index (χ0v) is 14.9. The molecule has 2 atom stereocenters. The Morgan fingerprint density at radius 2 is 1.92 bits per heavy atom. The molecule has 0 radical (unpaired) electrons. The summed E-state index contributed by atoms with van der Waals surface area (Å²) in [6.07, 6.45) is 1.33. The van der Waals surface area contributed by atoms with Crippen molar-refractivity contribution in [1.82, 2.24) is 15.1 Å². The minimum atomic E-state index is -0.405. The number of benzene rings is 1. The van der Waals surface area contributed by atoms with E-state index in [0.29, 0.717) is 26.1 Å². The molecule has 6 nitrogen and oxygen atoms in total. The third kappa shape index (κ3) is 2.78. The van der Waals surface area contributed by atoms with E-state index in [1.54, 1.807) is 4.90 Å². The number of hydrogen-bond acceptors (Lipinski definition) is 3. The molecule has 2 fully saturated rings. The summed E-state index contributed by atoms with van der Waals surface area (Å²) in [5.41, 5.74) is 0.710. The number of nitrogens with zero attached hydrogens (tertiary/aromatic N) is 2. The molecule has 0 unspecified atom stereocenters. The molecule has 2 heterocycles. The van der Waals surface area contributed by atoms with Crippen LogP contribution >= 0.6 is 0 Å². The number of aliphatic hydroxyl groups excluding tert-OH is 1. The molecule has 0 bridgehead atoms. The van der Waals surface area contributed by atoms with E-state index >= 15 is 0 Å². The van der Waals surface area contributed by atoms with E-state index in [1.807, 2.05) is 49.1 Å². The highest BCUT2D eigenvalue weighted by Crippen LogP contribution is 2.53. The normalized spacial score (nSPS) is 23.8. The molecule has 0 aromatic heterocycles. The van der Waals surface area contributed by atoms with Crippen LogP contribution in [0.4, 0.5) is 4.79 Å². The van der Waals surface area contributed by atoms with Gasteiger partial charge in [0.05, 0.1) is 18.2 Å². The first-order valence-electron chi connectivity index (χ1n) is 9.09. The van der Waals surface area contributed by atoms with Gasteiger partial charge in [-0.05, 0) is 12.0 Å². The standard InChI is InChI=1S/C19H27N3O3/c1-3-10-20-18(25)22-15(11-23)17(14-8-6-5-7-9-14)19(22)12-21(13-19)16(24)4-2/h5-9,15,17,23H,3-4,10-13H2,1-2H3,(H,20,25)/t15-,17-/m1/s1. The van der Waals surface area contributed by atoms with E-state index in [0.717, 1.165) is 12.0 Å².